The highest BCUT2D eigenvalue weighted by molar-refractivity contribution is 6.30. The molecule has 0 spiro atoms. The predicted molar refractivity (Wildman–Crippen MR) is 91.7 cm³/mol. The van der Waals surface area contributed by atoms with Crippen LogP contribution >= 0.6 is 11.6 Å². The van der Waals surface area contributed by atoms with Gasteiger partial charge in [0.15, 0.2) is 6.61 Å². The number of nitrogens with zero attached hydrogens (tertiary/aromatic N) is 1. The number of benzene rings is 2. The Kier molecular flexibility index (Phi) is 5.18. The molecule has 1 N–H and O–H groups in total. The first kappa shape index (κ1) is 17.9. The molecule has 26 heavy (non-hydrogen) atoms. The van der Waals surface area contributed by atoms with Gasteiger partial charge < -0.3 is 10.1 Å². The molecule has 0 unspecified atom stereocenters. The number of carbonyl (C=O) groups excluding carboxylic acids is 3. The van der Waals surface area contributed by atoms with Crippen molar-refractivity contribution >= 4 is 29.3 Å². The second-order valence-corrected chi connectivity index (χ2v) is 5.95. The van der Waals surface area contributed by atoms with E-state index in [-0.39, 0.29) is 30.8 Å². The number of carbonyl (C=O) groups is 3. The summed E-state index contributed by atoms with van der Waals surface area (Å²) in [6, 6.07) is 10.4. The van der Waals surface area contributed by atoms with Gasteiger partial charge in [-0.05, 0) is 36.4 Å². The molecule has 0 bridgehead atoms. The number of ether oxygens (including phenoxy) is 1. The Bertz CT molecular complexity index is 870. The van der Waals surface area contributed by atoms with Gasteiger partial charge in [0.1, 0.15) is 11.6 Å². The van der Waals surface area contributed by atoms with Crippen LogP contribution in [0.1, 0.15) is 20.7 Å². The Hall–Kier alpha value is -2.93. The molecule has 134 valence electrons. The summed E-state index contributed by atoms with van der Waals surface area (Å²) in [6.07, 6.45) is 0. The van der Waals surface area contributed by atoms with E-state index in [1.165, 1.54) is 12.1 Å². The molecule has 0 fully saturated rings. The van der Waals surface area contributed by atoms with E-state index >= 15 is 0 Å². The van der Waals surface area contributed by atoms with Gasteiger partial charge in [0.05, 0.1) is 11.1 Å². The molecular formula is C18H14ClFN2O4. The van der Waals surface area contributed by atoms with Crippen LogP contribution in [-0.4, -0.2) is 42.3 Å². The van der Waals surface area contributed by atoms with E-state index in [0.29, 0.717) is 10.8 Å². The highest BCUT2D eigenvalue weighted by Crippen LogP contribution is 2.24. The third kappa shape index (κ3) is 3.67. The van der Waals surface area contributed by atoms with Crippen molar-refractivity contribution in [2.75, 3.05) is 19.7 Å². The fraction of sp³-hybridized carbons (Fsp3) is 0.167. The predicted octanol–water partition coefficient (Wildman–Crippen LogP) is 2.27. The van der Waals surface area contributed by atoms with E-state index in [9.17, 15) is 18.8 Å². The monoisotopic (exact) mass is 376 g/mol. The first-order chi connectivity index (χ1) is 12.5. The van der Waals surface area contributed by atoms with Gasteiger partial charge in [-0.2, -0.15) is 0 Å². The second kappa shape index (κ2) is 7.53. The van der Waals surface area contributed by atoms with Gasteiger partial charge in [0.25, 0.3) is 17.7 Å². The molecule has 1 aliphatic rings. The summed E-state index contributed by atoms with van der Waals surface area (Å²) in [4.78, 5) is 37.0. The van der Waals surface area contributed by atoms with Crippen molar-refractivity contribution in [1.29, 1.82) is 0 Å². The summed E-state index contributed by atoms with van der Waals surface area (Å²) in [6.45, 7) is -0.243. The van der Waals surface area contributed by atoms with Gasteiger partial charge in [0, 0.05) is 18.1 Å². The standard InChI is InChI=1S/C18H14ClFN2O4/c19-11-4-6-12(7-5-11)26-10-15(23)21-8-9-22-17(24)13-2-1-3-14(20)16(13)18(22)25/h1-7H,8-10H2,(H,21,23). The number of hydrogen-bond acceptors (Lipinski definition) is 4. The minimum Gasteiger partial charge on any atom is -0.484 e. The lowest BCUT2D eigenvalue weighted by Crippen LogP contribution is -2.39. The average molecular weight is 377 g/mol. The van der Waals surface area contributed by atoms with E-state index < -0.39 is 23.5 Å². The van der Waals surface area contributed by atoms with Gasteiger partial charge in [-0.25, -0.2) is 4.39 Å². The first-order valence-electron chi connectivity index (χ1n) is 7.77. The topological polar surface area (TPSA) is 75.7 Å². The summed E-state index contributed by atoms with van der Waals surface area (Å²) in [5.41, 5.74) is -0.192. The van der Waals surface area contributed by atoms with Crippen LogP contribution in [0.5, 0.6) is 5.75 Å². The molecule has 0 atom stereocenters. The number of imide groups is 1. The Balaban J connectivity index is 1.48. The highest BCUT2D eigenvalue weighted by Gasteiger charge is 2.37. The summed E-state index contributed by atoms with van der Waals surface area (Å²) >= 11 is 5.75. The van der Waals surface area contributed by atoms with Crippen molar-refractivity contribution in [3.8, 4) is 5.75 Å². The lowest BCUT2D eigenvalue weighted by Gasteiger charge is -2.14. The maximum absolute atomic E-state index is 13.7. The van der Waals surface area contributed by atoms with Crippen LogP contribution in [0.3, 0.4) is 0 Å². The Morgan fingerprint density at radius 3 is 2.54 bits per heavy atom. The van der Waals surface area contributed by atoms with Crippen LogP contribution in [0.2, 0.25) is 5.02 Å². The SMILES string of the molecule is O=C(COc1ccc(Cl)cc1)NCCN1C(=O)c2cccc(F)c2C1=O. The van der Waals surface area contributed by atoms with E-state index in [1.54, 1.807) is 24.3 Å². The van der Waals surface area contributed by atoms with Crippen LogP contribution in [0.4, 0.5) is 4.39 Å². The number of fused-ring (bicyclic) bond motifs is 1. The molecule has 0 saturated carbocycles. The van der Waals surface area contributed by atoms with E-state index in [4.69, 9.17) is 16.3 Å². The quantitative estimate of drug-likeness (QED) is 0.785. The van der Waals surface area contributed by atoms with Crippen molar-refractivity contribution in [1.82, 2.24) is 10.2 Å². The molecule has 1 heterocycles. The summed E-state index contributed by atoms with van der Waals surface area (Å²) in [5.74, 6) is -1.93. The van der Waals surface area contributed by atoms with Gasteiger partial charge in [-0.3, -0.25) is 19.3 Å². The molecule has 1 aliphatic heterocycles. The summed E-state index contributed by atoms with van der Waals surface area (Å²) in [5, 5.41) is 3.10. The fourth-order valence-electron chi connectivity index (χ4n) is 2.53. The zero-order chi connectivity index (χ0) is 18.7. The number of rotatable bonds is 6. The maximum Gasteiger partial charge on any atom is 0.264 e. The van der Waals surface area contributed by atoms with Crippen molar-refractivity contribution in [2.24, 2.45) is 0 Å². The number of hydrogen-bond donors (Lipinski definition) is 1. The highest BCUT2D eigenvalue weighted by atomic mass is 35.5. The molecule has 6 nitrogen and oxygen atoms in total. The van der Waals surface area contributed by atoms with Gasteiger partial charge in [0.2, 0.25) is 0 Å². The smallest absolute Gasteiger partial charge is 0.264 e. The summed E-state index contributed by atoms with van der Waals surface area (Å²) < 4.78 is 19.0. The Labute approximate surface area is 153 Å². The lowest BCUT2D eigenvalue weighted by atomic mass is 10.1. The van der Waals surface area contributed by atoms with E-state index in [0.717, 1.165) is 11.0 Å². The minimum absolute atomic E-state index is 0.0346. The molecule has 3 rings (SSSR count). The molecular weight excluding hydrogens is 363 g/mol. The molecule has 0 radical (unpaired) electrons. The van der Waals surface area contributed by atoms with Crippen molar-refractivity contribution in [3.63, 3.8) is 0 Å². The van der Waals surface area contributed by atoms with Crippen LogP contribution in [0.15, 0.2) is 42.5 Å². The normalized spacial score (nSPS) is 12.9. The van der Waals surface area contributed by atoms with Crippen molar-refractivity contribution in [2.45, 2.75) is 0 Å². The van der Waals surface area contributed by atoms with Crippen LogP contribution in [0, 0.1) is 5.82 Å². The molecule has 0 aliphatic carbocycles. The number of halogens is 2. The lowest BCUT2D eigenvalue weighted by molar-refractivity contribution is -0.123. The van der Waals surface area contributed by atoms with Gasteiger partial charge in [-0.1, -0.05) is 17.7 Å². The Morgan fingerprint density at radius 2 is 1.85 bits per heavy atom. The molecule has 8 heteroatoms. The average Bonchev–Trinajstić information content (AvgIpc) is 2.87. The third-order valence-corrected chi connectivity index (χ3v) is 4.04. The van der Waals surface area contributed by atoms with Crippen molar-refractivity contribution < 1.29 is 23.5 Å². The Morgan fingerprint density at radius 1 is 1.12 bits per heavy atom. The van der Waals surface area contributed by atoms with E-state index in [1.807, 2.05) is 0 Å². The van der Waals surface area contributed by atoms with Crippen molar-refractivity contribution in [3.05, 3.63) is 64.4 Å². The maximum atomic E-state index is 13.7. The number of amides is 3. The minimum atomic E-state index is -0.733. The summed E-state index contributed by atoms with van der Waals surface area (Å²) in [7, 11) is 0. The van der Waals surface area contributed by atoms with Gasteiger partial charge in [-0.15, -0.1) is 0 Å². The number of nitrogens with one attached hydrogen (secondary N) is 1. The fourth-order valence-corrected chi connectivity index (χ4v) is 2.66. The molecule has 2 aromatic rings. The third-order valence-electron chi connectivity index (χ3n) is 3.79. The van der Waals surface area contributed by atoms with Crippen LogP contribution in [0.25, 0.3) is 0 Å². The molecule has 0 saturated heterocycles. The molecule has 2 aromatic carbocycles. The zero-order valence-corrected chi connectivity index (χ0v) is 14.3. The van der Waals surface area contributed by atoms with Crippen LogP contribution in [-0.2, 0) is 4.79 Å². The first-order valence-corrected chi connectivity index (χ1v) is 8.15. The van der Waals surface area contributed by atoms with Gasteiger partial charge >= 0.3 is 0 Å². The molecule has 0 aromatic heterocycles. The zero-order valence-electron chi connectivity index (χ0n) is 13.5. The van der Waals surface area contributed by atoms with Crippen LogP contribution < -0.4 is 10.1 Å². The van der Waals surface area contributed by atoms with E-state index in [2.05, 4.69) is 5.32 Å². The second-order valence-electron chi connectivity index (χ2n) is 5.52. The largest absolute Gasteiger partial charge is 0.484 e. The molecule has 3 amide bonds.